The van der Waals surface area contributed by atoms with Crippen LogP contribution in [0.25, 0.3) is 162 Å². The molecule has 3 fully saturated rings. The van der Waals surface area contributed by atoms with Crippen LogP contribution in [0.1, 0.15) is 37.7 Å². The number of anilines is 4. The number of thiophene rings is 5. The Morgan fingerprint density at radius 2 is 0.562 bits per heavy atom. The van der Waals surface area contributed by atoms with E-state index in [9.17, 15) is 24.0 Å². The highest BCUT2D eigenvalue weighted by Gasteiger charge is 2.22. The predicted molar refractivity (Wildman–Crippen MR) is 506 cm³/mol. The number of fused-ring (bicyclic) bond motifs is 10. The highest BCUT2D eigenvalue weighted by molar-refractivity contribution is 7.19. The molecule has 121 heavy (non-hydrogen) atoms. The maximum Gasteiger partial charge on any atom is 0.259 e. The summed E-state index contributed by atoms with van der Waals surface area (Å²) in [7, 11) is 3.91. The molecule has 600 valence electrons. The zero-order valence-electron chi connectivity index (χ0n) is 66.3. The topological polar surface area (TPSA) is 251 Å². The normalized spacial score (nSPS) is 13.6. The van der Waals surface area contributed by atoms with Crippen LogP contribution < -0.4 is 47.4 Å². The summed E-state index contributed by atoms with van der Waals surface area (Å²) in [6.45, 7) is 9.36. The van der Waals surface area contributed by atoms with E-state index >= 15 is 0 Å². The van der Waals surface area contributed by atoms with E-state index in [0.29, 0.717) is 61.6 Å². The molecule has 0 amide bonds. The second-order valence-electron chi connectivity index (χ2n) is 30.4. The van der Waals surface area contributed by atoms with Gasteiger partial charge in [0.1, 0.15) is 29.1 Å². The van der Waals surface area contributed by atoms with Crippen molar-refractivity contribution in [3.05, 3.63) is 297 Å². The predicted octanol–water partition coefficient (Wildman–Crippen LogP) is 20.8. The Labute approximate surface area is 712 Å². The van der Waals surface area contributed by atoms with Crippen LogP contribution in [0.15, 0.2) is 263 Å². The van der Waals surface area contributed by atoms with Crippen molar-refractivity contribution < 1.29 is 4.74 Å². The Morgan fingerprint density at radius 1 is 0.298 bits per heavy atom. The number of aryl methyl sites for hydroxylation is 1. The lowest BCUT2D eigenvalue weighted by Crippen LogP contribution is -2.36. The second-order valence-corrected chi connectivity index (χ2v) is 34.9. The molecule has 13 heterocycles. The van der Waals surface area contributed by atoms with Crippen molar-refractivity contribution in [1.29, 1.82) is 0 Å². The Balaban J connectivity index is 0.000000100. The number of rotatable bonds is 9. The van der Waals surface area contributed by atoms with E-state index < -0.39 is 0 Å². The van der Waals surface area contributed by atoms with Crippen LogP contribution in [0.2, 0.25) is 0 Å². The quantitative estimate of drug-likeness (QED) is 0.0901. The van der Waals surface area contributed by atoms with Crippen LogP contribution in [0.5, 0.6) is 0 Å². The molecule has 0 atom stereocenters. The van der Waals surface area contributed by atoms with Crippen LogP contribution in [0.4, 0.5) is 22.7 Å². The first-order valence-corrected chi connectivity index (χ1v) is 44.6. The first-order chi connectivity index (χ1) is 59.2. The van der Waals surface area contributed by atoms with E-state index in [1.54, 1.807) is 56.7 Å². The Bertz CT molecular complexity index is 7460. The molecule has 3 aliphatic rings. The number of H-pyrrole nitrogens is 5. The maximum absolute atomic E-state index is 12.8. The van der Waals surface area contributed by atoms with Gasteiger partial charge in [-0.25, -0.2) is 24.9 Å². The molecule has 0 radical (unpaired) electrons. The van der Waals surface area contributed by atoms with Gasteiger partial charge in [0.2, 0.25) is 0 Å². The molecule has 5 N–H and O–H groups in total. The summed E-state index contributed by atoms with van der Waals surface area (Å²) in [5, 5.41) is 19.1. The van der Waals surface area contributed by atoms with Gasteiger partial charge < -0.3 is 49.3 Å². The number of nitrogens with zero attached hydrogens (tertiary/aromatic N) is 9. The largest absolute Gasteiger partial charge is 0.378 e. The van der Waals surface area contributed by atoms with Gasteiger partial charge in [0.25, 0.3) is 27.8 Å². The van der Waals surface area contributed by atoms with E-state index in [4.69, 9.17) is 19.7 Å². The third-order valence-corrected chi connectivity index (χ3v) is 27.2. The van der Waals surface area contributed by atoms with Crippen LogP contribution in [0, 0.1) is 6.92 Å². The molecule has 20 nitrogen and oxygen atoms in total. The molecule has 0 bridgehead atoms. The van der Waals surface area contributed by atoms with Crippen molar-refractivity contribution in [3.8, 4) is 56.9 Å². The van der Waals surface area contributed by atoms with E-state index in [0.717, 1.165) is 158 Å². The Kier molecular flexibility index (Phi) is 21.8. The van der Waals surface area contributed by atoms with Gasteiger partial charge in [-0.1, -0.05) is 103 Å². The van der Waals surface area contributed by atoms with Gasteiger partial charge in [-0.15, -0.1) is 56.7 Å². The summed E-state index contributed by atoms with van der Waals surface area (Å²) >= 11 is 8.32. The standard InChI is InChI=1S/C21H19N3OS.C20H17N3O2S.C20H17N3OS.C18H15N3OS.C17H12N2OS/c25-21-16-12-14(24-10-4-1-5-11-24)8-9-18(16)22-20(23-21)17-13-26-19-7-3-2-6-15(17)19;24-20-15-11-13(23-7-9-25-10-8-23)5-6-17(15)21-19(22-20)16-12-26-18-4-2-1-3-14(16)18;24-20-15-11-13(23-9-3-4-10-23)7-8-17(15)21-19(22-20)16-12-25-18-6-2-1-5-14(16)18;1-21(2)11-7-8-15-13(9-11)18(22)20-17(19-15)14-10-23-16-6-4-3-5-12(14)16;1-10-6-7-14-12(8-10)17(20)19-16(18-14)13-9-21-15-5-3-2-4-11(13)15/h2-3,6-9,12-13H,1,4-5,10-11H2,(H,22,23,25);1-6,11-12H,7-10H2,(H,21,22,24);1-2,5-8,11-12H,3-4,9-10H2,(H,21,22,24);3-10H,1-2H3,(H,19,20,22);2-9H,1H3,(H,18,19,20). The summed E-state index contributed by atoms with van der Waals surface area (Å²) in [6.07, 6.45) is 6.17. The third-order valence-electron chi connectivity index (χ3n) is 22.4. The fourth-order valence-corrected chi connectivity index (χ4v) is 20.7. The molecule has 20 aromatic rings. The Hall–Kier alpha value is -13.1. The minimum Gasteiger partial charge on any atom is -0.378 e. The molecule has 0 aliphatic carbocycles. The fraction of sp³-hybridized carbons (Fsp3) is 0.167. The molecule has 3 aliphatic heterocycles. The van der Waals surface area contributed by atoms with Gasteiger partial charge >= 0.3 is 0 Å². The first-order valence-electron chi connectivity index (χ1n) is 40.2. The lowest BCUT2D eigenvalue weighted by atomic mass is 10.1. The number of hydrogen-bond acceptors (Lipinski definition) is 20. The first kappa shape index (κ1) is 77.8. The molecule has 0 unspecified atom stereocenters. The number of ether oxygens (including phenoxy) is 1. The lowest BCUT2D eigenvalue weighted by Gasteiger charge is -2.28. The maximum atomic E-state index is 12.8. The molecule has 3 saturated heterocycles. The molecular formula is C96H80N14O6S5. The summed E-state index contributed by atoms with van der Waals surface area (Å²) in [5.41, 5.74) is 13.5. The van der Waals surface area contributed by atoms with Gasteiger partial charge in [0.15, 0.2) is 0 Å². The SMILES string of the molecule is CN(C)c1ccc2nc(-c3csc4ccccc34)[nH]c(=O)c2c1.Cc1ccc2nc(-c3csc4ccccc34)[nH]c(=O)c2c1.O=c1[nH]c(-c2csc3ccccc23)nc2ccc(N3CCCC3)cc12.O=c1[nH]c(-c2csc3ccccc23)nc2ccc(N3CCCCC3)cc12.O=c1[nH]c(-c2csc3ccccc23)nc2ccc(N3CCOCC3)cc12. The van der Waals surface area contributed by atoms with E-state index in [1.165, 1.54) is 55.6 Å². The lowest BCUT2D eigenvalue weighted by molar-refractivity contribution is 0.122. The highest BCUT2D eigenvalue weighted by atomic mass is 32.1. The average Bonchev–Trinajstić information content (AvgIpc) is 1.78. The van der Waals surface area contributed by atoms with Crippen molar-refractivity contribution in [1.82, 2.24) is 49.8 Å². The third kappa shape index (κ3) is 16.0. The second kappa shape index (κ2) is 33.9. The molecule has 0 spiro atoms. The van der Waals surface area contributed by atoms with E-state index in [1.807, 2.05) is 176 Å². The van der Waals surface area contributed by atoms with Crippen LogP contribution in [0.3, 0.4) is 0 Å². The van der Waals surface area contributed by atoms with E-state index in [2.05, 4.69) is 139 Å². The monoisotopic (exact) mass is 1680 g/mol. The summed E-state index contributed by atoms with van der Waals surface area (Å²) in [4.78, 5) is 110. The number of aromatic amines is 5. The van der Waals surface area contributed by atoms with Gasteiger partial charge in [0, 0.05) is 181 Å². The molecule has 0 saturated carbocycles. The van der Waals surface area contributed by atoms with Crippen molar-refractivity contribution in [2.45, 2.75) is 39.0 Å². The highest BCUT2D eigenvalue weighted by Crippen LogP contribution is 2.39. The van der Waals surface area contributed by atoms with Crippen molar-refractivity contribution in [2.24, 2.45) is 0 Å². The van der Waals surface area contributed by atoms with E-state index in [-0.39, 0.29) is 27.8 Å². The average molecular weight is 1690 g/mol. The number of aromatic nitrogens is 10. The minimum atomic E-state index is -0.107. The van der Waals surface area contributed by atoms with Crippen molar-refractivity contribution >= 4 is 184 Å². The number of benzene rings is 10. The summed E-state index contributed by atoms with van der Waals surface area (Å²) < 4.78 is 11.4. The van der Waals surface area contributed by atoms with Crippen LogP contribution in [-0.4, -0.2) is 116 Å². The van der Waals surface area contributed by atoms with Crippen LogP contribution >= 0.6 is 56.7 Å². The molecule has 10 aromatic carbocycles. The fourth-order valence-electron chi connectivity index (χ4n) is 16.0. The van der Waals surface area contributed by atoms with Gasteiger partial charge in [-0.05, 0) is 154 Å². The smallest absolute Gasteiger partial charge is 0.259 e. The number of nitrogens with one attached hydrogen (secondary N) is 5. The number of hydrogen-bond donors (Lipinski definition) is 5. The van der Waals surface area contributed by atoms with Gasteiger partial charge in [0.05, 0.1) is 67.7 Å². The van der Waals surface area contributed by atoms with Gasteiger partial charge in [-0.3, -0.25) is 24.0 Å². The minimum absolute atomic E-state index is 0.0702. The number of piperidine rings is 1. The zero-order valence-corrected chi connectivity index (χ0v) is 70.4. The molecular weight excluding hydrogens is 1610 g/mol. The van der Waals surface area contributed by atoms with Crippen molar-refractivity contribution in [2.75, 3.05) is 86.2 Å². The molecule has 23 rings (SSSR count). The zero-order chi connectivity index (χ0) is 82.2. The Morgan fingerprint density at radius 3 is 0.876 bits per heavy atom. The van der Waals surface area contributed by atoms with Gasteiger partial charge in [-0.2, -0.15) is 0 Å². The summed E-state index contributed by atoms with van der Waals surface area (Å²) in [6, 6.07) is 70.4. The number of morpholine rings is 1. The van der Waals surface area contributed by atoms with Crippen LogP contribution in [-0.2, 0) is 4.74 Å². The molecule has 25 heteroatoms. The molecule has 10 aromatic heterocycles. The summed E-state index contributed by atoms with van der Waals surface area (Å²) in [5.74, 6) is 3.17. The van der Waals surface area contributed by atoms with Crippen molar-refractivity contribution in [3.63, 3.8) is 0 Å².